The molecular weight excluding hydrogens is 240 g/mol. The number of nitrogens with one attached hydrogen (secondary N) is 1. The summed E-state index contributed by atoms with van der Waals surface area (Å²) in [6, 6.07) is 6.27. The molecule has 4 nitrogen and oxygen atoms in total. The predicted octanol–water partition coefficient (Wildman–Crippen LogP) is 2.90. The second-order valence-electron chi connectivity index (χ2n) is 5.20. The van der Waals surface area contributed by atoms with Gasteiger partial charge >= 0.3 is 6.03 Å². The number of hydrogen-bond acceptors (Lipinski definition) is 2. The summed E-state index contributed by atoms with van der Waals surface area (Å²) in [5.41, 5.74) is 2.30. The molecule has 4 heteroatoms. The van der Waals surface area contributed by atoms with Crippen molar-refractivity contribution in [3.8, 4) is 5.75 Å². The summed E-state index contributed by atoms with van der Waals surface area (Å²) in [7, 11) is 1.68. The number of benzene rings is 1. The molecule has 2 amide bonds. The Hall–Kier alpha value is -1.71. The molecule has 1 aromatic carbocycles. The fourth-order valence-corrected chi connectivity index (χ4v) is 2.41. The minimum Gasteiger partial charge on any atom is -0.496 e. The maximum atomic E-state index is 11.7. The van der Waals surface area contributed by atoms with E-state index >= 15 is 0 Å². The molecular formula is C15H22N2O2. The van der Waals surface area contributed by atoms with Crippen LogP contribution in [0.25, 0.3) is 0 Å². The molecule has 0 saturated carbocycles. The van der Waals surface area contributed by atoms with Crippen LogP contribution < -0.4 is 10.1 Å². The van der Waals surface area contributed by atoms with Gasteiger partial charge in [0, 0.05) is 18.7 Å². The summed E-state index contributed by atoms with van der Waals surface area (Å²) in [6.45, 7) is 7.73. The van der Waals surface area contributed by atoms with Crippen LogP contribution in [0.5, 0.6) is 5.75 Å². The molecule has 0 bridgehead atoms. The van der Waals surface area contributed by atoms with E-state index in [0.29, 0.717) is 12.5 Å². The SMILES string of the molecule is CCN1CC(c2ccc(C(C)C)cc2OC)NC1=O. The number of nitrogens with zero attached hydrogens (tertiary/aromatic N) is 1. The molecule has 1 atom stereocenters. The van der Waals surface area contributed by atoms with Crippen molar-refractivity contribution in [2.75, 3.05) is 20.2 Å². The van der Waals surface area contributed by atoms with Crippen LogP contribution in [0.3, 0.4) is 0 Å². The Bertz CT molecular complexity index is 471. The number of urea groups is 1. The number of hydrogen-bond donors (Lipinski definition) is 1. The van der Waals surface area contributed by atoms with Crippen molar-refractivity contribution in [3.05, 3.63) is 29.3 Å². The first-order valence-electron chi connectivity index (χ1n) is 6.80. The number of carbonyl (C=O) groups excluding carboxylic acids is 1. The number of amides is 2. The molecule has 19 heavy (non-hydrogen) atoms. The Labute approximate surface area is 114 Å². The van der Waals surface area contributed by atoms with Gasteiger partial charge in [-0.25, -0.2) is 4.79 Å². The molecule has 1 N–H and O–H groups in total. The lowest BCUT2D eigenvalue weighted by Crippen LogP contribution is -2.27. The van der Waals surface area contributed by atoms with Gasteiger partial charge in [0.2, 0.25) is 0 Å². The third-order valence-corrected chi connectivity index (χ3v) is 3.67. The lowest BCUT2D eigenvalue weighted by Gasteiger charge is -2.17. The van der Waals surface area contributed by atoms with Crippen LogP contribution in [0.15, 0.2) is 18.2 Å². The largest absolute Gasteiger partial charge is 0.496 e. The van der Waals surface area contributed by atoms with Gasteiger partial charge in [0.25, 0.3) is 0 Å². The van der Waals surface area contributed by atoms with Crippen molar-refractivity contribution in [2.45, 2.75) is 32.7 Å². The fourth-order valence-electron chi connectivity index (χ4n) is 2.41. The van der Waals surface area contributed by atoms with Crippen LogP contribution in [0.4, 0.5) is 4.79 Å². The number of carbonyl (C=O) groups is 1. The van der Waals surface area contributed by atoms with Gasteiger partial charge < -0.3 is 15.0 Å². The number of methoxy groups -OCH3 is 1. The standard InChI is InChI=1S/C15H22N2O2/c1-5-17-9-13(16-15(17)18)12-7-6-11(10(2)3)8-14(12)19-4/h6-8,10,13H,5,9H2,1-4H3,(H,16,18). The van der Waals surface area contributed by atoms with E-state index in [9.17, 15) is 4.79 Å². The molecule has 0 radical (unpaired) electrons. The average molecular weight is 262 g/mol. The number of likely N-dealkylation sites (N-methyl/N-ethyl adjacent to an activating group) is 1. The third kappa shape index (κ3) is 2.67. The zero-order valence-corrected chi connectivity index (χ0v) is 12.1. The van der Waals surface area contributed by atoms with Gasteiger partial charge in [-0.3, -0.25) is 0 Å². The van der Waals surface area contributed by atoms with Gasteiger partial charge in [-0.1, -0.05) is 26.0 Å². The van der Waals surface area contributed by atoms with Crippen LogP contribution in [0, 0.1) is 0 Å². The monoisotopic (exact) mass is 262 g/mol. The quantitative estimate of drug-likeness (QED) is 0.906. The van der Waals surface area contributed by atoms with E-state index in [0.717, 1.165) is 17.9 Å². The molecule has 1 aliphatic rings. The molecule has 1 aliphatic heterocycles. The Kier molecular flexibility index (Phi) is 3.98. The van der Waals surface area contributed by atoms with Gasteiger partial charge in [0.15, 0.2) is 0 Å². The molecule has 1 fully saturated rings. The van der Waals surface area contributed by atoms with Gasteiger partial charge in [0.1, 0.15) is 5.75 Å². The maximum absolute atomic E-state index is 11.7. The van der Waals surface area contributed by atoms with Crippen molar-refractivity contribution in [1.82, 2.24) is 10.2 Å². The molecule has 0 spiro atoms. The third-order valence-electron chi connectivity index (χ3n) is 3.67. The van der Waals surface area contributed by atoms with Gasteiger partial charge in [-0.15, -0.1) is 0 Å². The fraction of sp³-hybridized carbons (Fsp3) is 0.533. The second-order valence-corrected chi connectivity index (χ2v) is 5.20. The van der Waals surface area contributed by atoms with E-state index in [1.165, 1.54) is 5.56 Å². The molecule has 1 heterocycles. The topological polar surface area (TPSA) is 41.6 Å². The molecule has 1 unspecified atom stereocenters. The van der Waals surface area contributed by atoms with Gasteiger partial charge in [0.05, 0.1) is 13.2 Å². The average Bonchev–Trinajstić information content (AvgIpc) is 2.78. The van der Waals surface area contributed by atoms with E-state index in [-0.39, 0.29) is 12.1 Å². The van der Waals surface area contributed by atoms with E-state index in [4.69, 9.17) is 4.74 Å². The highest BCUT2D eigenvalue weighted by atomic mass is 16.5. The zero-order valence-electron chi connectivity index (χ0n) is 12.1. The summed E-state index contributed by atoms with van der Waals surface area (Å²) in [5, 5.41) is 3.00. The Balaban J connectivity index is 2.28. The normalized spacial score (nSPS) is 18.9. The minimum atomic E-state index is 0.00230. The van der Waals surface area contributed by atoms with Crippen LogP contribution in [0.2, 0.25) is 0 Å². The van der Waals surface area contributed by atoms with Crippen molar-refractivity contribution in [1.29, 1.82) is 0 Å². The first-order valence-corrected chi connectivity index (χ1v) is 6.80. The summed E-state index contributed by atoms with van der Waals surface area (Å²) in [6.07, 6.45) is 0. The molecule has 2 rings (SSSR count). The van der Waals surface area contributed by atoms with E-state index in [1.54, 1.807) is 12.0 Å². The summed E-state index contributed by atoms with van der Waals surface area (Å²) >= 11 is 0. The summed E-state index contributed by atoms with van der Waals surface area (Å²) in [4.78, 5) is 13.5. The highest BCUT2D eigenvalue weighted by Crippen LogP contribution is 2.31. The van der Waals surface area contributed by atoms with E-state index in [1.807, 2.05) is 6.92 Å². The smallest absolute Gasteiger partial charge is 0.318 e. The molecule has 104 valence electrons. The highest BCUT2D eigenvalue weighted by Gasteiger charge is 2.30. The molecule has 1 saturated heterocycles. The Morgan fingerprint density at radius 1 is 1.47 bits per heavy atom. The predicted molar refractivity (Wildman–Crippen MR) is 75.6 cm³/mol. The molecule has 0 aliphatic carbocycles. The zero-order chi connectivity index (χ0) is 14.0. The second kappa shape index (κ2) is 5.51. The molecule has 1 aromatic rings. The summed E-state index contributed by atoms with van der Waals surface area (Å²) in [5.74, 6) is 1.32. The first kappa shape index (κ1) is 13.7. The lowest BCUT2D eigenvalue weighted by molar-refractivity contribution is 0.219. The highest BCUT2D eigenvalue weighted by molar-refractivity contribution is 5.77. The molecule has 0 aromatic heterocycles. The lowest BCUT2D eigenvalue weighted by atomic mass is 9.98. The van der Waals surface area contributed by atoms with Gasteiger partial charge in [-0.2, -0.15) is 0 Å². The van der Waals surface area contributed by atoms with E-state index in [2.05, 4.69) is 37.4 Å². The van der Waals surface area contributed by atoms with Gasteiger partial charge in [-0.05, 0) is 24.5 Å². The maximum Gasteiger partial charge on any atom is 0.318 e. The number of rotatable bonds is 4. The van der Waals surface area contributed by atoms with Crippen LogP contribution in [0.1, 0.15) is 43.9 Å². The van der Waals surface area contributed by atoms with Crippen molar-refractivity contribution in [3.63, 3.8) is 0 Å². The van der Waals surface area contributed by atoms with Crippen molar-refractivity contribution < 1.29 is 9.53 Å². The van der Waals surface area contributed by atoms with Crippen LogP contribution in [-0.2, 0) is 0 Å². The Morgan fingerprint density at radius 2 is 2.21 bits per heavy atom. The van der Waals surface area contributed by atoms with Crippen molar-refractivity contribution >= 4 is 6.03 Å². The summed E-state index contributed by atoms with van der Waals surface area (Å²) < 4.78 is 5.48. The first-order chi connectivity index (χ1) is 9.06. The Morgan fingerprint density at radius 3 is 2.74 bits per heavy atom. The number of ether oxygens (including phenoxy) is 1. The van der Waals surface area contributed by atoms with Crippen LogP contribution in [-0.4, -0.2) is 31.1 Å². The minimum absolute atomic E-state index is 0.00230. The van der Waals surface area contributed by atoms with Crippen molar-refractivity contribution in [2.24, 2.45) is 0 Å². The van der Waals surface area contributed by atoms with E-state index < -0.39 is 0 Å². The van der Waals surface area contributed by atoms with Crippen LogP contribution >= 0.6 is 0 Å².